The molecule has 0 bridgehead atoms. The number of carbonyl (C=O) groups excluding carboxylic acids is 2. The lowest BCUT2D eigenvalue weighted by molar-refractivity contribution is -0.122. The van der Waals surface area contributed by atoms with Crippen LogP contribution in [0.4, 0.5) is 4.48 Å². The molecule has 0 spiro atoms. The summed E-state index contributed by atoms with van der Waals surface area (Å²) in [6.45, 7) is 5.52. The Morgan fingerprint density at radius 1 is 0.720 bits per heavy atom. The van der Waals surface area contributed by atoms with Crippen LogP contribution in [-0.4, -0.2) is 84.3 Å². The van der Waals surface area contributed by atoms with E-state index in [0.29, 0.717) is 59.3 Å². The Morgan fingerprint density at radius 2 is 1.20 bits per heavy atom. The normalized spacial score (nSPS) is 10.6. The molecule has 0 rings (SSSR count). The molecule has 148 valence electrons. The third-order valence-electron chi connectivity index (χ3n) is 2.75. The quantitative estimate of drug-likeness (QED) is 0.214. The van der Waals surface area contributed by atoms with Crippen molar-refractivity contribution in [1.29, 1.82) is 0 Å². The molecular weight excluding hydrogens is 337 g/mol. The van der Waals surface area contributed by atoms with E-state index in [1.54, 1.807) is 0 Å². The van der Waals surface area contributed by atoms with E-state index >= 15 is 0 Å². The molecule has 0 aliphatic heterocycles. The van der Waals surface area contributed by atoms with Gasteiger partial charge in [0.25, 0.3) is 0 Å². The Bertz CT molecular complexity index is 336. The van der Waals surface area contributed by atoms with Crippen LogP contribution in [0, 0.1) is 0 Å². The van der Waals surface area contributed by atoms with Crippen LogP contribution in [0.1, 0.15) is 13.3 Å². The zero-order valence-electron chi connectivity index (χ0n) is 14.8. The second kappa shape index (κ2) is 19.0. The van der Waals surface area contributed by atoms with Crippen molar-refractivity contribution in [2.24, 2.45) is 0 Å². The Hall–Kier alpha value is -1.33. The third-order valence-corrected chi connectivity index (χ3v) is 2.75. The molecule has 25 heavy (non-hydrogen) atoms. The van der Waals surface area contributed by atoms with Crippen LogP contribution in [0.2, 0.25) is 0 Å². The van der Waals surface area contributed by atoms with Gasteiger partial charge in [-0.05, 0) is 0 Å². The maximum absolute atomic E-state index is 11.5. The fraction of sp³-hybridized carbons (Fsp3) is 0.867. The Kier molecular flexibility index (Phi) is 18.0. The number of hydrogen-bond donors (Lipinski definition) is 3. The SMILES string of the molecule is CC(=O)NCCOCCOCCNC(=O)CCOCCOCCNF. The summed E-state index contributed by atoms with van der Waals surface area (Å²) in [5.74, 6) is -0.196. The summed E-state index contributed by atoms with van der Waals surface area (Å²) >= 11 is 0. The molecule has 0 saturated carbocycles. The van der Waals surface area contributed by atoms with Gasteiger partial charge in [-0.25, -0.2) is 0 Å². The molecule has 2 amide bonds. The highest BCUT2D eigenvalue weighted by atomic mass is 19.2. The van der Waals surface area contributed by atoms with Gasteiger partial charge in [-0.3, -0.25) is 9.59 Å². The second-order valence-corrected chi connectivity index (χ2v) is 4.92. The minimum atomic E-state index is -0.113. The summed E-state index contributed by atoms with van der Waals surface area (Å²) in [4.78, 5) is 22.1. The van der Waals surface area contributed by atoms with E-state index in [2.05, 4.69) is 10.6 Å². The van der Waals surface area contributed by atoms with Gasteiger partial charge in [-0.1, -0.05) is 0 Å². The molecule has 0 aromatic carbocycles. The molecule has 0 saturated heterocycles. The molecule has 0 unspecified atom stereocenters. The van der Waals surface area contributed by atoms with E-state index in [4.69, 9.17) is 18.9 Å². The van der Waals surface area contributed by atoms with Crippen LogP contribution in [0.5, 0.6) is 0 Å². The van der Waals surface area contributed by atoms with Crippen molar-refractivity contribution >= 4 is 11.8 Å². The topological polar surface area (TPSA) is 107 Å². The zero-order valence-corrected chi connectivity index (χ0v) is 14.8. The highest BCUT2D eigenvalue weighted by Crippen LogP contribution is 1.85. The van der Waals surface area contributed by atoms with Gasteiger partial charge < -0.3 is 29.6 Å². The molecule has 0 atom stereocenters. The van der Waals surface area contributed by atoms with Gasteiger partial charge in [-0.15, -0.1) is 4.48 Å². The van der Waals surface area contributed by atoms with Crippen LogP contribution in [0.25, 0.3) is 0 Å². The van der Waals surface area contributed by atoms with Crippen molar-refractivity contribution in [3.05, 3.63) is 0 Å². The molecule has 9 nitrogen and oxygen atoms in total. The van der Waals surface area contributed by atoms with Gasteiger partial charge in [0, 0.05) is 33.0 Å². The highest BCUT2D eigenvalue weighted by molar-refractivity contribution is 5.75. The first kappa shape index (κ1) is 23.7. The summed E-state index contributed by atoms with van der Waals surface area (Å²) in [5, 5.41) is 5.33. The molecule has 10 heteroatoms. The van der Waals surface area contributed by atoms with Gasteiger partial charge >= 0.3 is 0 Å². The number of amides is 2. The minimum absolute atomic E-state index is 0.0829. The predicted molar refractivity (Wildman–Crippen MR) is 88.7 cm³/mol. The smallest absolute Gasteiger partial charge is 0.222 e. The molecule has 0 aromatic rings. The molecule has 0 aliphatic rings. The summed E-state index contributed by atoms with van der Waals surface area (Å²) in [6.07, 6.45) is 0.262. The lowest BCUT2D eigenvalue weighted by Crippen LogP contribution is -2.28. The number of halogens is 1. The van der Waals surface area contributed by atoms with Crippen molar-refractivity contribution in [2.45, 2.75) is 13.3 Å². The molecule has 0 aliphatic carbocycles. The van der Waals surface area contributed by atoms with E-state index in [-0.39, 0.29) is 31.4 Å². The van der Waals surface area contributed by atoms with Crippen molar-refractivity contribution in [2.75, 3.05) is 72.5 Å². The molecule has 0 fully saturated rings. The summed E-state index contributed by atoms with van der Waals surface area (Å²) in [6, 6.07) is 0. The van der Waals surface area contributed by atoms with Crippen LogP contribution in [-0.2, 0) is 28.5 Å². The van der Waals surface area contributed by atoms with E-state index in [9.17, 15) is 14.1 Å². The number of carbonyl (C=O) groups is 2. The Balaban J connectivity index is 3.16. The van der Waals surface area contributed by atoms with Crippen molar-refractivity contribution in [3.63, 3.8) is 0 Å². The van der Waals surface area contributed by atoms with E-state index in [1.807, 2.05) is 0 Å². The zero-order chi connectivity index (χ0) is 18.6. The average molecular weight is 367 g/mol. The summed E-state index contributed by atoms with van der Waals surface area (Å²) in [7, 11) is 0. The fourth-order valence-electron chi connectivity index (χ4n) is 1.57. The van der Waals surface area contributed by atoms with E-state index in [1.165, 1.54) is 12.5 Å². The van der Waals surface area contributed by atoms with E-state index < -0.39 is 0 Å². The number of ether oxygens (including phenoxy) is 4. The maximum atomic E-state index is 11.5. The van der Waals surface area contributed by atoms with Crippen LogP contribution in [0.3, 0.4) is 0 Å². The standard InChI is InChI=1S/C15H30FN3O6/c1-14(20)17-3-7-23-12-13-24-8-4-18-15(21)2-6-22-10-11-25-9-5-19-16/h19H,2-13H2,1H3,(H,17,20)(H,18,21). The van der Waals surface area contributed by atoms with Gasteiger partial charge in [0.05, 0.1) is 52.9 Å². The first-order valence-corrected chi connectivity index (χ1v) is 8.32. The summed E-state index contributed by atoms with van der Waals surface area (Å²) < 4.78 is 32.3. The van der Waals surface area contributed by atoms with Crippen molar-refractivity contribution in [1.82, 2.24) is 16.2 Å². The Labute approximate surface area is 147 Å². The van der Waals surface area contributed by atoms with Crippen LogP contribution >= 0.6 is 0 Å². The Morgan fingerprint density at radius 3 is 1.72 bits per heavy atom. The third kappa shape index (κ3) is 20.6. The first-order chi connectivity index (χ1) is 12.2. The van der Waals surface area contributed by atoms with Gasteiger partial charge in [0.1, 0.15) is 0 Å². The fourth-order valence-corrected chi connectivity index (χ4v) is 1.57. The average Bonchev–Trinajstić information content (AvgIpc) is 2.58. The summed E-state index contributed by atoms with van der Waals surface area (Å²) in [5.41, 5.74) is 1.48. The lowest BCUT2D eigenvalue weighted by atomic mass is 10.4. The van der Waals surface area contributed by atoms with E-state index in [0.717, 1.165) is 0 Å². The molecule has 0 aromatic heterocycles. The minimum Gasteiger partial charge on any atom is -0.379 e. The second-order valence-electron chi connectivity index (χ2n) is 4.92. The molecule has 0 radical (unpaired) electrons. The van der Waals surface area contributed by atoms with Crippen molar-refractivity contribution < 1.29 is 33.0 Å². The highest BCUT2D eigenvalue weighted by Gasteiger charge is 2.00. The number of nitrogens with one attached hydrogen (secondary N) is 3. The van der Waals surface area contributed by atoms with Gasteiger partial charge in [0.2, 0.25) is 11.8 Å². The largest absolute Gasteiger partial charge is 0.379 e. The number of hydrogen-bond acceptors (Lipinski definition) is 7. The molecule has 3 N–H and O–H groups in total. The van der Waals surface area contributed by atoms with Crippen LogP contribution in [0.15, 0.2) is 0 Å². The monoisotopic (exact) mass is 367 g/mol. The number of rotatable bonds is 18. The van der Waals surface area contributed by atoms with Gasteiger partial charge in [0.15, 0.2) is 0 Å². The van der Waals surface area contributed by atoms with Gasteiger partial charge in [-0.2, -0.15) is 5.54 Å². The first-order valence-electron chi connectivity index (χ1n) is 8.32. The maximum Gasteiger partial charge on any atom is 0.222 e. The van der Waals surface area contributed by atoms with Crippen molar-refractivity contribution in [3.8, 4) is 0 Å². The molecule has 0 heterocycles. The molecular formula is C15H30FN3O6. The van der Waals surface area contributed by atoms with Crippen LogP contribution < -0.4 is 16.2 Å². The predicted octanol–water partition coefficient (Wildman–Crippen LogP) is -0.831. The lowest BCUT2D eigenvalue weighted by Gasteiger charge is -2.08.